The van der Waals surface area contributed by atoms with E-state index in [1.54, 1.807) is 6.20 Å². The van der Waals surface area contributed by atoms with Crippen LogP contribution in [0, 0.1) is 0 Å². The predicted octanol–water partition coefficient (Wildman–Crippen LogP) is 2.66. The number of hydrogen-bond donors (Lipinski definition) is 1. The van der Waals surface area contributed by atoms with Gasteiger partial charge >= 0.3 is 0 Å². The van der Waals surface area contributed by atoms with E-state index in [1.807, 2.05) is 12.3 Å². The first kappa shape index (κ1) is 9.40. The summed E-state index contributed by atoms with van der Waals surface area (Å²) in [6.45, 7) is 0. The van der Waals surface area contributed by atoms with Gasteiger partial charge in [-0.25, -0.2) is 0 Å². The number of nitrogens with one attached hydrogen (secondary N) is 1. The summed E-state index contributed by atoms with van der Waals surface area (Å²) < 4.78 is 0. The van der Waals surface area contributed by atoms with E-state index in [4.69, 9.17) is 0 Å². The van der Waals surface area contributed by atoms with Gasteiger partial charge in [0.1, 0.15) is 0 Å². The largest absolute Gasteiger partial charge is 0.380 e. The molecule has 1 aliphatic carbocycles. The highest BCUT2D eigenvalue weighted by Crippen LogP contribution is 2.23. The van der Waals surface area contributed by atoms with Crippen LogP contribution < -0.4 is 5.32 Å². The fraction of sp³-hybridized carbons (Fsp3) is 0.214. The SMILES string of the molecule is c1cncc(NC2Cc3ccccc3C2)c1. The molecule has 0 spiro atoms. The molecule has 80 valence electrons. The van der Waals surface area contributed by atoms with Gasteiger partial charge in [0.25, 0.3) is 0 Å². The molecule has 0 bridgehead atoms. The fourth-order valence-electron chi connectivity index (χ4n) is 2.34. The first-order valence-corrected chi connectivity index (χ1v) is 5.65. The van der Waals surface area contributed by atoms with Crippen molar-refractivity contribution in [3.8, 4) is 0 Å². The average Bonchev–Trinajstić information content (AvgIpc) is 2.72. The second-order valence-corrected chi connectivity index (χ2v) is 4.26. The van der Waals surface area contributed by atoms with Gasteiger partial charge in [-0.2, -0.15) is 0 Å². The third-order valence-electron chi connectivity index (χ3n) is 3.08. The van der Waals surface area contributed by atoms with Gasteiger partial charge in [0.15, 0.2) is 0 Å². The minimum atomic E-state index is 0.515. The maximum Gasteiger partial charge on any atom is 0.0529 e. The van der Waals surface area contributed by atoms with E-state index in [0.29, 0.717) is 6.04 Å². The third kappa shape index (κ3) is 1.78. The number of fused-ring (bicyclic) bond motifs is 1. The number of benzene rings is 1. The van der Waals surface area contributed by atoms with Crippen molar-refractivity contribution in [1.29, 1.82) is 0 Å². The summed E-state index contributed by atoms with van der Waals surface area (Å²) in [5.74, 6) is 0. The lowest BCUT2D eigenvalue weighted by molar-refractivity contribution is 0.773. The number of rotatable bonds is 2. The van der Waals surface area contributed by atoms with E-state index in [1.165, 1.54) is 11.1 Å². The van der Waals surface area contributed by atoms with Crippen LogP contribution in [0.5, 0.6) is 0 Å². The van der Waals surface area contributed by atoms with Crippen LogP contribution in [0.4, 0.5) is 5.69 Å². The molecule has 3 rings (SSSR count). The van der Waals surface area contributed by atoms with Crippen LogP contribution in [0.2, 0.25) is 0 Å². The highest BCUT2D eigenvalue weighted by atomic mass is 14.9. The number of hydrogen-bond acceptors (Lipinski definition) is 2. The molecule has 0 amide bonds. The zero-order valence-corrected chi connectivity index (χ0v) is 9.06. The Kier molecular flexibility index (Phi) is 2.33. The fourth-order valence-corrected chi connectivity index (χ4v) is 2.34. The van der Waals surface area contributed by atoms with Gasteiger partial charge in [-0.15, -0.1) is 0 Å². The molecule has 2 heteroatoms. The van der Waals surface area contributed by atoms with E-state index >= 15 is 0 Å². The third-order valence-corrected chi connectivity index (χ3v) is 3.08. The summed E-state index contributed by atoms with van der Waals surface area (Å²) in [6.07, 6.45) is 5.91. The molecular formula is C14H14N2. The van der Waals surface area contributed by atoms with E-state index in [2.05, 4.69) is 40.6 Å². The number of aromatic nitrogens is 1. The summed E-state index contributed by atoms with van der Waals surface area (Å²) >= 11 is 0. The molecule has 2 nitrogen and oxygen atoms in total. The molecule has 2 aromatic rings. The summed E-state index contributed by atoms with van der Waals surface area (Å²) in [4.78, 5) is 4.11. The van der Waals surface area contributed by atoms with Gasteiger partial charge in [-0.3, -0.25) is 4.98 Å². The van der Waals surface area contributed by atoms with Crippen molar-refractivity contribution in [3.63, 3.8) is 0 Å². The lowest BCUT2D eigenvalue weighted by Gasteiger charge is -2.12. The van der Waals surface area contributed by atoms with Crippen molar-refractivity contribution >= 4 is 5.69 Å². The normalized spacial score (nSPS) is 14.8. The molecule has 0 saturated carbocycles. The summed E-state index contributed by atoms with van der Waals surface area (Å²) in [5.41, 5.74) is 4.06. The van der Waals surface area contributed by atoms with Crippen molar-refractivity contribution in [3.05, 3.63) is 59.9 Å². The van der Waals surface area contributed by atoms with Crippen LogP contribution in [-0.4, -0.2) is 11.0 Å². The van der Waals surface area contributed by atoms with Gasteiger partial charge in [0, 0.05) is 18.4 Å². The average molecular weight is 210 g/mol. The minimum Gasteiger partial charge on any atom is -0.380 e. The number of pyridine rings is 1. The predicted molar refractivity (Wildman–Crippen MR) is 65.5 cm³/mol. The zero-order chi connectivity index (χ0) is 10.8. The van der Waals surface area contributed by atoms with E-state index in [-0.39, 0.29) is 0 Å². The lowest BCUT2D eigenvalue weighted by atomic mass is 10.1. The van der Waals surface area contributed by atoms with Gasteiger partial charge in [0.05, 0.1) is 5.69 Å². The molecule has 0 unspecified atom stereocenters. The Morgan fingerprint density at radius 1 is 1.00 bits per heavy atom. The van der Waals surface area contributed by atoms with Crippen LogP contribution in [0.25, 0.3) is 0 Å². The Balaban J connectivity index is 1.73. The lowest BCUT2D eigenvalue weighted by Crippen LogP contribution is -2.19. The molecule has 16 heavy (non-hydrogen) atoms. The molecule has 1 aromatic heterocycles. The Hall–Kier alpha value is -1.83. The summed E-state index contributed by atoms with van der Waals surface area (Å²) in [5, 5.41) is 3.53. The molecular weight excluding hydrogens is 196 g/mol. The highest BCUT2D eigenvalue weighted by Gasteiger charge is 2.20. The standard InChI is InChI=1S/C14H14N2/c1-2-5-12-9-14(8-11(12)4-1)16-13-6-3-7-15-10-13/h1-7,10,14,16H,8-9H2. The van der Waals surface area contributed by atoms with E-state index in [9.17, 15) is 0 Å². The molecule has 1 aliphatic rings. The molecule has 1 N–H and O–H groups in total. The van der Waals surface area contributed by atoms with Gasteiger partial charge < -0.3 is 5.32 Å². The van der Waals surface area contributed by atoms with Gasteiger partial charge in [-0.1, -0.05) is 24.3 Å². The molecule has 1 aromatic carbocycles. The molecule has 0 radical (unpaired) electrons. The monoisotopic (exact) mass is 210 g/mol. The second-order valence-electron chi connectivity index (χ2n) is 4.26. The first-order valence-electron chi connectivity index (χ1n) is 5.65. The Bertz CT molecular complexity index is 454. The van der Waals surface area contributed by atoms with E-state index < -0.39 is 0 Å². The Morgan fingerprint density at radius 3 is 2.38 bits per heavy atom. The summed E-state index contributed by atoms with van der Waals surface area (Å²) in [6, 6.07) is 13.2. The number of nitrogens with zero attached hydrogens (tertiary/aromatic N) is 1. The molecule has 0 atom stereocenters. The van der Waals surface area contributed by atoms with Crippen LogP contribution in [-0.2, 0) is 12.8 Å². The van der Waals surface area contributed by atoms with Crippen LogP contribution in [0.3, 0.4) is 0 Å². The molecule has 0 aliphatic heterocycles. The van der Waals surface area contributed by atoms with Crippen LogP contribution >= 0.6 is 0 Å². The van der Waals surface area contributed by atoms with Crippen molar-refractivity contribution in [2.75, 3.05) is 5.32 Å². The van der Waals surface area contributed by atoms with Crippen molar-refractivity contribution < 1.29 is 0 Å². The van der Waals surface area contributed by atoms with Crippen LogP contribution in [0.15, 0.2) is 48.8 Å². The van der Waals surface area contributed by atoms with Crippen molar-refractivity contribution in [1.82, 2.24) is 4.98 Å². The molecule has 0 fully saturated rings. The van der Waals surface area contributed by atoms with Gasteiger partial charge in [-0.05, 0) is 36.1 Å². The quantitative estimate of drug-likeness (QED) is 0.824. The van der Waals surface area contributed by atoms with Crippen LogP contribution in [0.1, 0.15) is 11.1 Å². The number of anilines is 1. The topological polar surface area (TPSA) is 24.9 Å². The first-order chi connectivity index (χ1) is 7.92. The maximum absolute atomic E-state index is 4.11. The second kappa shape index (κ2) is 3.97. The highest BCUT2D eigenvalue weighted by molar-refractivity contribution is 5.44. The van der Waals surface area contributed by atoms with Crippen molar-refractivity contribution in [2.24, 2.45) is 0 Å². The van der Waals surface area contributed by atoms with Gasteiger partial charge in [0.2, 0.25) is 0 Å². The minimum absolute atomic E-state index is 0.515. The van der Waals surface area contributed by atoms with Crippen molar-refractivity contribution in [2.45, 2.75) is 18.9 Å². The Morgan fingerprint density at radius 2 is 1.75 bits per heavy atom. The smallest absolute Gasteiger partial charge is 0.0529 e. The summed E-state index contributed by atoms with van der Waals surface area (Å²) in [7, 11) is 0. The molecule has 0 saturated heterocycles. The van der Waals surface area contributed by atoms with E-state index in [0.717, 1.165) is 18.5 Å². The molecule has 1 heterocycles. The Labute approximate surface area is 95.3 Å². The maximum atomic E-state index is 4.11. The zero-order valence-electron chi connectivity index (χ0n) is 9.06.